The molecule has 62 valence electrons. The second-order valence-corrected chi connectivity index (χ2v) is 2.33. The molecule has 0 unspecified atom stereocenters. The zero-order valence-corrected chi connectivity index (χ0v) is 6.72. The number of aliphatic carboxylic acids is 1. The minimum atomic E-state index is -0.933. The van der Waals surface area contributed by atoms with Crippen LogP contribution in [0.1, 0.15) is 6.92 Å². The van der Waals surface area contributed by atoms with E-state index in [1.165, 1.54) is 6.20 Å². The molecule has 0 aromatic rings. The minimum Gasteiger partial charge on any atom is -0.478 e. The van der Waals surface area contributed by atoms with Crippen molar-refractivity contribution >= 4 is 5.97 Å². The summed E-state index contributed by atoms with van der Waals surface area (Å²) in [5, 5.41) is 11.5. The lowest BCUT2D eigenvalue weighted by Crippen LogP contribution is -2.17. The molecule has 3 heteroatoms. The van der Waals surface area contributed by atoms with Crippen LogP contribution in [0.3, 0.4) is 0 Å². The van der Waals surface area contributed by atoms with E-state index in [9.17, 15) is 4.79 Å². The summed E-state index contributed by atoms with van der Waals surface area (Å²) < 4.78 is 0. The Kier molecular flexibility index (Phi) is 2.54. The molecule has 1 aliphatic heterocycles. The first-order valence-electron chi connectivity index (χ1n) is 3.54. The number of rotatable bonds is 1. The van der Waals surface area contributed by atoms with Crippen LogP contribution in [-0.4, -0.2) is 17.6 Å². The van der Waals surface area contributed by atoms with E-state index in [1.807, 2.05) is 0 Å². The van der Waals surface area contributed by atoms with Crippen molar-refractivity contribution in [3.63, 3.8) is 0 Å². The van der Waals surface area contributed by atoms with Crippen molar-refractivity contribution in [1.82, 2.24) is 5.32 Å². The third-order valence-electron chi connectivity index (χ3n) is 1.41. The van der Waals surface area contributed by atoms with E-state index in [4.69, 9.17) is 5.11 Å². The lowest BCUT2D eigenvalue weighted by molar-refractivity contribution is -0.132. The molecule has 0 amide bonds. The van der Waals surface area contributed by atoms with Gasteiger partial charge in [-0.3, -0.25) is 0 Å². The Hall–Kier alpha value is -1.69. The average molecular weight is 163 g/mol. The van der Waals surface area contributed by atoms with Gasteiger partial charge in [0.25, 0.3) is 0 Å². The number of nitrogens with one attached hydrogen (secondary N) is 1. The highest BCUT2D eigenvalue weighted by Crippen LogP contribution is 2.05. The van der Waals surface area contributed by atoms with Crippen LogP contribution in [0.2, 0.25) is 0 Å². The fourth-order valence-electron chi connectivity index (χ4n) is 0.916. The van der Waals surface area contributed by atoms with Gasteiger partial charge in [-0.05, 0) is 13.0 Å². The third-order valence-corrected chi connectivity index (χ3v) is 1.41. The molecule has 0 spiro atoms. The van der Waals surface area contributed by atoms with E-state index in [-0.39, 0.29) is 5.57 Å². The van der Waals surface area contributed by atoms with E-state index in [0.717, 1.165) is 5.57 Å². The van der Waals surface area contributed by atoms with Gasteiger partial charge in [-0.1, -0.05) is 5.92 Å². The highest BCUT2D eigenvalue weighted by atomic mass is 16.4. The Morgan fingerprint density at radius 1 is 1.75 bits per heavy atom. The van der Waals surface area contributed by atoms with Crippen molar-refractivity contribution in [2.75, 3.05) is 6.54 Å². The van der Waals surface area contributed by atoms with Gasteiger partial charge in [-0.2, -0.15) is 0 Å². The molecular formula is C9H9NO2. The molecule has 0 saturated heterocycles. The van der Waals surface area contributed by atoms with Gasteiger partial charge >= 0.3 is 5.97 Å². The first-order valence-corrected chi connectivity index (χ1v) is 3.54. The largest absolute Gasteiger partial charge is 0.478 e. The van der Waals surface area contributed by atoms with Crippen molar-refractivity contribution in [2.24, 2.45) is 0 Å². The maximum absolute atomic E-state index is 10.5. The lowest BCUT2D eigenvalue weighted by atomic mass is 10.1. The van der Waals surface area contributed by atoms with Crippen molar-refractivity contribution in [2.45, 2.75) is 6.92 Å². The van der Waals surface area contributed by atoms with Crippen LogP contribution in [-0.2, 0) is 4.79 Å². The second kappa shape index (κ2) is 3.63. The highest BCUT2D eigenvalue weighted by Gasteiger charge is 2.08. The van der Waals surface area contributed by atoms with Crippen LogP contribution in [0.4, 0.5) is 0 Å². The zero-order valence-electron chi connectivity index (χ0n) is 6.72. The van der Waals surface area contributed by atoms with Crippen LogP contribution >= 0.6 is 0 Å². The quantitative estimate of drug-likeness (QED) is 0.554. The van der Waals surface area contributed by atoms with Gasteiger partial charge in [0, 0.05) is 18.3 Å². The first kappa shape index (κ1) is 8.41. The van der Waals surface area contributed by atoms with E-state index in [0.29, 0.717) is 6.54 Å². The van der Waals surface area contributed by atoms with Crippen LogP contribution < -0.4 is 5.32 Å². The van der Waals surface area contributed by atoms with Gasteiger partial charge in [-0.15, -0.1) is 5.92 Å². The predicted molar refractivity (Wildman–Crippen MR) is 45.3 cm³/mol. The fourth-order valence-corrected chi connectivity index (χ4v) is 0.916. The third kappa shape index (κ3) is 1.89. The summed E-state index contributed by atoms with van der Waals surface area (Å²) in [4.78, 5) is 10.5. The van der Waals surface area contributed by atoms with Gasteiger partial charge in [0.05, 0.1) is 5.57 Å². The van der Waals surface area contributed by atoms with Crippen LogP contribution in [0.15, 0.2) is 23.4 Å². The summed E-state index contributed by atoms with van der Waals surface area (Å²) in [5.41, 5.74) is 1.05. The summed E-state index contributed by atoms with van der Waals surface area (Å²) in [7, 11) is 0. The number of carboxylic acid groups (broad SMARTS) is 1. The Bertz CT molecular complexity index is 315. The Balaban J connectivity index is 2.85. The van der Waals surface area contributed by atoms with E-state index >= 15 is 0 Å². The SMILES string of the molecule is CC#CC1=CC(C(=O)O)=CNC1. The number of dihydropyridines is 1. The first-order chi connectivity index (χ1) is 5.74. The second-order valence-electron chi connectivity index (χ2n) is 2.33. The van der Waals surface area contributed by atoms with Gasteiger partial charge in [0.1, 0.15) is 0 Å². The molecule has 1 heterocycles. The summed E-state index contributed by atoms with van der Waals surface area (Å²) in [6.07, 6.45) is 3.05. The number of carbonyl (C=O) groups is 1. The molecule has 2 N–H and O–H groups in total. The number of carboxylic acids is 1. The molecular weight excluding hydrogens is 154 g/mol. The van der Waals surface area contributed by atoms with Gasteiger partial charge in [0.15, 0.2) is 0 Å². The van der Waals surface area contributed by atoms with Gasteiger partial charge in [0.2, 0.25) is 0 Å². The Morgan fingerprint density at radius 2 is 2.50 bits per heavy atom. The lowest BCUT2D eigenvalue weighted by Gasteiger charge is -2.07. The van der Waals surface area contributed by atoms with Gasteiger partial charge < -0.3 is 10.4 Å². The molecule has 0 fully saturated rings. The van der Waals surface area contributed by atoms with Crippen molar-refractivity contribution in [3.8, 4) is 11.8 Å². The molecule has 3 nitrogen and oxygen atoms in total. The number of hydrogen-bond donors (Lipinski definition) is 2. The van der Waals surface area contributed by atoms with Crippen LogP contribution in [0.5, 0.6) is 0 Å². The van der Waals surface area contributed by atoms with Crippen molar-refractivity contribution in [1.29, 1.82) is 0 Å². The van der Waals surface area contributed by atoms with E-state index in [1.54, 1.807) is 13.0 Å². The summed E-state index contributed by atoms with van der Waals surface area (Å²) in [5.74, 6) is 4.60. The van der Waals surface area contributed by atoms with Crippen LogP contribution in [0.25, 0.3) is 0 Å². The summed E-state index contributed by atoms with van der Waals surface area (Å²) >= 11 is 0. The molecule has 0 bridgehead atoms. The number of hydrogen-bond acceptors (Lipinski definition) is 2. The molecule has 1 rings (SSSR count). The van der Waals surface area contributed by atoms with E-state index < -0.39 is 5.97 Å². The van der Waals surface area contributed by atoms with Gasteiger partial charge in [-0.25, -0.2) is 4.79 Å². The summed E-state index contributed by atoms with van der Waals surface area (Å²) in [6.45, 7) is 2.33. The van der Waals surface area contributed by atoms with Crippen molar-refractivity contribution < 1.29 is 9.90 Å². The summed E-state index contributed by atoms with van der Waals surface area (Å²) in [6, 6.07) is 0. The highest BCUT2D eigenvalue weighted by molar-refractivity contribution is 5.90. The molecule has 0 atom stereocenters. The molecule has 0 saturated carbocycles. The smallest absolute Gasteiger partial charge is 0.337 e. The average Bonchev–Trinajstić information content (AvgIpc) is 2.05. The predicted octanol–water partition coefficient (Wildman–Crippen LogP) is 0.508. The topological polar surface area (TPSA) is 49.3 Å². The molecule has 0 aliphatic carbocycles. The standard InChI is InChI=1S/C9H9NO2/c1-2-3-7-4-8(9(11)12)6-10-5-7/h4,6,10H,5H2,1H3,(H,11,12). The normalized spacial score (nSPS) is 14.8. The molecule has 12 heavy (non-hydrogen) atoms. The Labute approximate surface area is 70.8 Å². The molecule has 0 aromatic carbocycles. The van der Waals surface area contributed by atoms with Crippen LogP contribution in [0, 0.1) is 11.8 Å². The maximum Gasteiger partial charge on any atom is 0.337 e. The molecule has 0 radical (unpaired) electrons. The minimum absolute atomic E-state index is 0.249. The zero-order chi connectivity index (χ0) is 8.97. The Morgan fingerprint density at radius 3 is 3.08 bits per heavy atom. The molecule has 0 aromatic heterocycles. The maximum atomic E-state index is 10.5. The monoisotopic (exact) mass is 163 g/mol. The molecule has 1 aliphatic rings. The van der Waals surface area contributed by atoms with Crippen molar-refractivity contribution in [3.05, 3.63) is 23.4 Å². The van der Waals surface area contributed by atoms with E-state index in [2.05, 4.69) is 17.2 Å². The fraction of sp³-hybridized carbons (Fsp3) is 0.222.